The monoisotopic (exact) mass is 176 g/mol. The van der Waals surface area contributed by atoms with Crippen LogP contribution in [0.3, 0.4) is 0 Å². The van der Waals surface area contributed by atoms with Crippen molar-refractivity contribution >= 4 is 9.76 Å². The van der Waals surface area contributed by atoms with Crippen molar-refractivity contribution in [2.75, 3.05) is 13.2 Å². The van der Waals surface area contributed by atoms with Crippen LogP contribution in [0.1, 0.15) is 19.8 Å². The summed E-state index contributed by atoms with van der Waals surface area (Å²) in [4.78, 5) is 0. The lowest BCUT2D eigenvalue weighted by atomic mass is 10.2. The minimum absolute atomic E-state index is 0.269. The first-order chi connectivity index (χ1) is 5.31. The molecule has 0 aromatic heterocycles. The van der Waals surface area contributed by atoms with E-state index in [-0.39, 0.29) is 9.76 Å². The van der Waals surface area contributed by atoms with E-state index in [2.05, 4.69) is 0 Å². The Bertz CT molecular complexity index is 82.8. The molecule has 3 nitrogen and oxygen atoms in total. The van der Waals surface area contributed by atoms with Gasteiger partial charge in [-0.05, 0) is 32.4 Å². The molecule has 0 aliphatic rings. The Hall–Kier alpha value is 0.0969. The van der Waals surface area contributed by atoms with E-state index in [1.54, 1.807) is 0 Å². The van der Waals surface area contributed by atoms with E-state index in [1.165, 1.54) is 6.04 Å². The Morgan fingerprint density at radius 2 is 2.18 bits per heavy atom. The molecule has 0 rings (SSSR count). The molecule has 0 fully saturated rings. The summed E-state index contributed by atoms with van der Waals surface area (Å²) in [6, 6.07) is 1.49. The van der Waals surface area contributed by atoms with E-state index in [0.717, 1.165) is 19.4 Å². The Morgan fingerprint density at radius 3 is 2.73 bits per heavy atom. The second-order valence-corrected chi connectivity index (χ2v) is 4.20. The van der Waals surface area contributed by atoms with Crippen molar-refractivity contribution in [1.82, 2.24) is 0 Å². The predicted octanol–water partition coefficient (Wildman–Crippen LogP) is -0.409. The van der Waals surface area contributed by atoms with Crippen molar-refractivity contribution in [3.63, 3.8) is 0 Å². The lowest BCUT2D eigenvalue weighted by Gasteiger charge is -2.08. The first-order valence-corrected chi connectivity index (χ1v) is 5.92. The number of hydrogen-bond acceptors (Lipinski definition) is 3. The highest BCUT2D eigenvalue weighted by atomic mass is 28.2. The summed E-state index contributed by atoms with van der Waals surface area (Å²) >= 11 is 0. The van der Waals surface area contributed by atoms with Gasteiger partial charge in [0.1, 0.15) is 0 Å². The molecule has 1 unspecified atom stereocenters. The Labute approximate surface area is 71.4 Å². The lowest BCUT2D eigenvalue weighted by Crippen LogP contribution is -2.24. The van der Waals surface area contributed by atoms with Gasteiger partial charge >= 0.3 is 0 Å². The van der Waals surface area contributed by atoms with Crippen LogP contribution in [0.2, 0.25) is 6.04 Å². The lowest BCUT2D eigenvalue weighted by molar-refractivity contribution is 0.358. The van der Waals surface area contributed by atoms with E-state index >= 15 is 0 Å². The van der Waals surface area contributed by atoms with Crippen LogP contribution < -0.4 is 11.5 Å². The molecule has 4 N–H and O–H groups in total. The van der Waals surface area contributed by atoms with Crippen molar-refractivity contribution < 1.29 is 4.43 Å². The molecule has 0 aromatic rings. The maximum atomic E-state index is 5.75. The molecule has 0 bridgehead atoms. The van der Waals surface area contributed by atoms with Gasteiger partial charge in [-0.25, -0.2) is 0 Å². The Morgan fingerprint density at radius 1 is 1.45 bits per heavy atom. The van der Waals surface area contributed by atoms with Gasteiger partial charge in [-0.2, -0.15) is 0 Å². The third-order valence-electron chi connectivity index (χ3n) is 1.61. The topological polar surface area (TPSA) is 61.3 Å². The molecule has 0 saturated carbocycles. The van der Waals surface area contributed by atoms with E-state index in [0.29, 0.717) is 12.6 Å². The van der Waals surface area contributed by atoms with Crippen LogP contribution in [-0.4, -0.2) is 29.0 Å². The quantitative estimate of drug-likeness (QED) is 0.409. The van der Waals surface area contributed by atoms with Crippen molar-refractivity contribution in [2.24, 2.45) is 11.5 Å². The fourth-order valence-corrected chi connectivity index (χ4v) is 2.13. The molecule has 1 atom stereocenters. The van der Waals surface area contributed by atoms with Gasteiger partial charge in [0.15, 0.2) is 9.76 Å². The largest absolute Gasteiger partial charge is 0.424 e. The highest BCUT2D eigenvalue weighted by Crippen LogP contribution is 1.97. The summed E-state index contributed by atoms with van der Waals surface area (Å²) in [6.07, 6.45) is 2.03. The summed E-state index contributed by atoms with van der Waals surface area (Å²) in [5.74, 6) is 0. The van der Waals surface area contributed by atoms with Crippen LogP contribution >= 0.6 is 0 Å². The Balaban J connectivity index is 2.97. The molecule has 0 amide bonds. The number of nitrogens with two attached hydrogens (primary N) is 2. The van der Waals surface area contributed by atoms with Gasteiger partial charge in [0.25, 0.3) is 0 Å². The van der Waals surface area contributed by atoms with E-state index in [9.17, 15) is 0 Å². The average Bonchev–Trinajstić information content (AvgIpc) is 1.99. The van der Waals surface area contributed by atoms with Crippen LogP contribution in [0, 0.1) is 0 Å². The molecule has 0 spiro atoms. The van der Waals surface area contributed by atoms with Crippen LogP contribution in [0.5, 0.6) is 0 Å². The van der Waals surface area contributed by atoms with Gasteiger partial charge in [-0.3, -0.25) is 0 Å². The SMILES string of the molecule is CCO[SiH2]CCC(N)CCN. The minimum atomic E-state index is -0.269. The summed E-state index contributed by atoms with van der Waals surface area (Å²) in [7, 11) is -0.269. The third kappa shape index (κ3) is 8.00. The molecular formula is C7H20N2OSi. The minimum Gasteiger partial charge on any atom is -0.424 e. The number of rotatable bonds is 7. The van der Waals surface area contributed by atoms with Crippen LogP contribution in [-0.2, 0) is 4.43 Å². The summed E-state index contributed by atoms with van der Waals surface area (Å²) in [6.45, 7) is 3.60. The van der Waals surface area contributed by atoms with Gasteiger partial charge in [-0.15, -0.1) is 0 Å². The first kappa shape index (κ1) is 11.1. The smallest absolute Gasteiger partial charge is 0.161 e. The van der Waals surface area contributed by atoms with Gasteiger partial charge in [-0.1, -0.05) is 0 Å². The zero-order valence-corrected chi connectivity index (χ0v) is 8.80. The molecule has 0 radical (unpaired) electrons. The molecular weight excluding hydrogens is 156 g/mol. The van der Waals surface area contributed by atoms with Gasteiger partial charge < -0.3 is 15.9 Å². The normalized spacial score (nSPS) is 14.5. The summed E-state index contributed by atoms with van der Waals surface area (Å²) in [5.41, 5.74) is 11.1. The average molecular weight is 176 g/mol. The van der Waals surface area contributed by atoms with E-state index in [4.69, 9.17) is 15.9 Å². The van der Waals surface area contributed by atoms with Crippen molar-refractivity contribution in [2.45, 2.75) is 31.9 Å². The van der Waals surface area contributed by atoms with Crippen LogP contribution in [0.15, 0.2) is 0 Å². The van der Waals surface area contributed by atoms with Gasteiger partial charge in [0.2, 0.25) is 0 Å². The molecule has 0 heterocycles. The fourth-order valence-electron chi connectivity index (χ4n) is 0.950. The Kier molecular flexibility index (Phi) is 8.27. The third-order valence-corrected chi connectivity index (χ3v) is 3.00. The van der Waals surface area contributed by atoms with E-state index < -0.39 is 0 Å². The molecule has 0 aliphatic carbocycles. The zero-order chi connectivity index (χ0) is 8.53. The molecule has 0 saturated heterocycles. The molecule has 0 aromatic carbocycles. The van der Waals surface area contributed by atoms with Crippen LogP contribution in [0.25, 0.3) is 0 Å². The molecule has 0 aliphatic heterocycles. The maximum absolute atomic E-state index is 5.75. The summed E-state index contributed by atoms with van der Waals surface area (Å²) in [5, 5.41) is 0. The van der Waals surface area contributed by atoms with Gasteiger partial charge in [0.05, 0.1) is 0 Å². The highest BCUT2D eigenvalue weighted by Gasteiger charge is 1.99. The number of hydrogen-bond donors (Lipinski definition) is 2. The van der Waals surface area contributed by atoms with Crippen molar-refractivity contribution in [3.8, 4) is 0 Å². The second kappa shape index (κ2) is 8.20. The summed E-state index contributed by atoms with van der Waals surface area (Å²) < 4.78 is 5.31. The fraction of sp³-hybridized carbons (Fsp3) is 1.00. The van der Waals surface area contributed by atoms with Gasteiger partial charge in [0, 0.05) is 12.6 Å². The highest BCUT2D eigenvalue weighted by molar-refractivity contribution is 6.26. The zero-order valence-electron chi connectivity index (χ0n) is 7.38. The van der Waals surface area contributed by atoms with E-state index in [1.807, 2.05) is 6.92 Å². The molecule has 11 heavy (non-hydrogen) atoms. The van der Waals surface area contributed by atoms with Crippen molar-refractivity contribution in [3.05, 3.63) is 0 Å². The second-order valence-electron chi connectivity index (χ2n) is 2.68. The predicted molar refractivity (Wildman–Crippen MR) is 51.2 cm³/mol. The van der Waals surface area contributed by atoms with Crippen LogP contribution in [0.4, 0.5) is 0 Å². The standard InChI is InChI=1S/C7H20N2OSi/c1-2-10-11-6-4-7(9)3-5-8/h7H,2-6,8-9,11H2,1H3. The van der Waals surface area contributed by atoms with Crippen molar-refractivity contribution in [1.29, 1.82) is 0 Å². The first-order valence-electron chi connectivity index (χ1n) is 4.34. The molecule has 4 heteroatoms. The molecule has 68 valence electrons. The maximum Gasteiger partial charge on any atom is 0.161 e.